The summed E-state index contributed by atoms with van der Waals surface area (Å²) < 4.78 is 26.4. The van der Waals surface area contributed by atoms with Crippen molar-refractivity contribution < 1.29 is 23.4 Å². The smallest absolute Gasteiger partial charge is 0.295 e. The fourth-order valence-electron chi connectivity index (χ4n) is 6.23. The second-order valence-electron chi connectivity index (χ2n) is 11.7. The van der Waals surface area contributed by atoms with E-state index in [2.05, 4.69) is 26.3 Å². The Labute approximate surface area is 271 Å². The van der Waals surface area contributed by atoms with Crippen LogP contribution in [0, 0.1) is 6.92 Å². The molecule has 5 heterocycles. The van der Waals surface area contributed by atoms with Crippen molar-refractivity contribution in [3.63, 3.8) is 0 Å². The van der Waals surface area contributed by atoms with E-state index in [9.17, 15) is 4.79 Å². The van der Waals surface area contributed by atoms with Crippen LogP contribution in [0.1, 0.15) is 46.3 Å². The van der Waals surface area contributed by atoms with E-state index in [1.165, 1.54) is 5.56 Å². The molecule has 0 aliphatic carbocycles. The summed E-state index contributed by atoms with van der Waals surface area (Å²) in [5, 5.41) is 2.95. The monoisotopic (exact) mass is 641 g/mol. The number of nitrogen functional groups attached to an aromatic ring is 1. The maximum absolute atomic E-state index is 13.4. The molecule has 2 atom stereocenters. The largest absolute Gasteiger partial charge is 0.494 e. The van der Waals surface area contributed by atoms with E-state index in [1.54, 1.807) is 14.0 Å². The average molecular weight is 642 g/mol. The number of methoxy groups -OCH3 is 1. The lowest BCUT2D eigenvalue weighted by Crippen LogP contribution is -2.35. The molecule has 14 nitrogen and oxygen atoms in total. The molecule has 2 saturated heterocycles. The first kappa shape index (κ1) is 30.9. The molecule has 7 rings (SSSR count). The number of oxazole rings is 1. The highest BCUT2D eigenvalue weighted by atomic mass is 16.6. The van der Waals surface area contributed by atoms with Gasteiger partial charge in [0.05, 0.1) is 42.6 Å². The number of nitrogens with two attached hydrogens (primary N) is 2. The first-order chi connectivity index (χ1) is 22.8. The van der Waals surface area contributed by atoms with Gasteiger partial charge in [-0.1, -0.05) is 31.2 Å². The van der Waals surface area contributed by atoms with Crippen LogP contribution in [-0.2, 0) is 35.5 Å². The van der Waals surface area contributed by atoms with Gasteiger partial charge in [-0.25, -0.2) is 15.0 Å². The molecule has 14 heteroatoms. The molecule has 2 aliphatic rings. The lowest BCUT2D eigenvalue weighted by molar-refractivity contribution is 0.0343. The maximum atomic E-state index is 13.4. The van der Waals surface area contributed by atoms with Gasteiger partial charge in [0, 0.05) is 39.6 Å². The molecule has 47 heavy (non-hydrogen) atoms. The van der Waals surface area contributed by atoms with Crippen molar-refractivity contribution in [1.82, 2.24) is 29.0 Å². The molecule has 0 spiro atoms. The van der Waals surface area contributed by atoms with Crippen molar-refractivity contribution in [3.05, 3.63) is 71.0 Å². The molecular weight excluding hydrogens is 602 g/mol. The van der Waals surface area contributed by atoms with Crippen LogP contribution < -0.4 is 21.5 Å². The molecule has 246 valence electrons. The van der Waals surface area contributed by atoms with Crippen molar-refractivity contribution in [2.24, 2.45) is 5.73 Å². The molecule has 0 radical (unpaired) electrons. The number of amides is 1. The third-order valence-corrected chi connectivity index (χ3v) is 8.59. The highest BCUT2D eigenvalue weighted by molar-refractivity contribution is 6.03. The normalized spacial score (nSPS) is 18.5. The molecular formula is C33H39N9O5. The van der Waals surface area contributed by atoms with Gasteiger partial charge >= 0.3 is 0 Å². The van der Waals surface area contributed by atoms with E-state index < -0.39 is 5.91 Å². The fraction of sp³-hybridized carbons (Fsp3) is 0.394. The number of anilines is 2. The van der Waals surface area contributed by atoms with Gasteiger partial charge in [0.1, 0.15) is 23.6 Å². The molecule has 2 fully saturated rings. The quantitative estimate of drug-likeness (QED) is 0.142. The number of nitrogens with one attached hydrogen (secondary N) is 1. The van der Waals surface area contributed by atoms with Gasteiger partial charge in [0.25, 0.3) is 5.91 Å². The molecule has 2 unspecified atom stereocenters. The Bertz CT molecular complexity index is 1970. The fourth-order valence-corrected chi connectivity index (χ4v) is 6.23. The summed E-state index contributed by atoms with van der Waals surface area (Å²) in [7, 11) is 1.60. The lowest BCUT2D eigenvalue weighted by Gasteiger charge is -2.27. The molecule has 0 saturated carbocycles. The first-order valence-electron chi connectivity index (χ1n) is 15.8. The van der Waals surface area contributed by atoms with E-state index >= 15 is 0 Å². The average Bonchev–Trinajstić information content (AvgIpc) is 3.35. The van der Waals surface area contributed by atoms with Crippen molar-refractivity contribution in [3.8, 4) is 5.75 Å². The van der Waals surface area contributed by atoms with Crippen LogP contribution in [0.4, 0.5) is 11.9 Å². The topological polar surface area (TPSA) is 177 Å². The van der Waals surface area contributed by atoms with Crippen LogP contribution in [0.5, 0.6) is 5.75 Å². The van der Waals surface area contributed by atoms with Crippen LogP contribution in [-0.4, -0.2) is 74.5 Å². The second kappa shape index (κ2) is 12.8. The van der Waals surface area contributed by atoms with Crippen LogP contribution >= 0.6 is 0 Å². The highest BCUT2D eigenvalue weighted by Gasteiger charge is 2.38. The Kier molecular flexibility index (Phi) is 8.40. The minimum absolute atomic E-state index is 0.166. The summed E-state index contributed by atoms with van der Waals surface area (Å²) in [5.74, 6) is 1.53. The summed E-state index contributed by atoms with van der Waals surface area (Å²) >= 11 is 0. The molecule has 0 bridgehead atoms. The number of morpholine rings is 1. The number of hydrogen-bond donors (Lipinski definition) is 3. The maximum Gasteiger partial charge on any atom is 0.295 e. The third-order valence-electron chi connectivity index (χ3n) is 8.59. The minimum Gasteiger partial charge on any atom is -0.494 e. The third kappa shape index (κ3) is 6.07. The number of para-hydroxylation sites is 1. The van der Waals surface area contributed by atoms with Crippen molar-refractivity contribution in [1.29, 1.82) is 0 Å². The highest BCUT2D eigenvalue weighted by Crippen LogP contribution is 2.40. The van der Waals surface area contributed by atoms with Gasteiger partial charge in [-0.05, 0) is 35.7 Å². The van der Waals surface area contributed by atoms with Gasteiger partial charge in [-0.15, -0.1) is 0 Å². The van der Waals surface area contributed by atoms with Gasteiger partial charge < -0.3 is 39.2 Å². The number of carbonyl (C=O) groups excluding carboxylic acids is 1. The van der Waals surface area contributed by atoms with Crippen LogP contribution in [0.2, 0.25) is 0 Å². The zero-order valence-corrected chi connectivity index (χ0v) is 26.7. The molecule has 1 amide bonds. The number of hydrogen-bond acceptors (Lipinski definition) is 11. The number of epoxide rings is 1. The molecule has 2 aromatic carbocycles. The van der Waals surface area contributed by atoms with E-state index in [4.69, 9.17) is 35.1 Å². The Morgan fingerprint density at radius 2 is 1.85 bits per heavy atom. The molecule has 5 N–H and O–H groups in total. The van der Waals surface area contributed by atoms with Crippen LogP contribution in [0.3, 0.4) is 0 Å². The van der Waals surface area contributed by atoms with Crippen molar-refractivity contribution >= 4 is 39.9 Å². The van der Waals surface area contributed by atoms with E-state index in [0.717, 1.165) is 55.0 Å². The van der Waals surface area contributed by atoms with Crippen molar-refractivity contribution in [2.45, 2.75) is 52.2 Å². The Morgan fingerprint density at radius 3 is 2.57 bits per heavy atom. The predicted molar refractivity (Wildman–Crippen MR) is 176 cm³/mol. The SMILES string of the molecule is CCc1nc(C)oc1C(=O)Nc1nc2cc(C3OC3N)cc(OC)c2n1C/C=C/Cn1c(N)nc2cccc(CN3CCOCC3)c21. The van der Waals surface area contributed by atoms with Crippen LogP contribution in [0.25, 0.3) is 22.1 Å². The number of carbonyl (C=O) groups is 1. The lowest BCUT2D eigenvalue weighted by atomic mass is 10.1. The first-order valence-corrected chi connectivity index (χ1v) is 15.8. The number of benzene rings is 2. The Morgan fingerprint density at radius 1 is 1.09 bits per heavy atom. The number of aryl methyl sites for hydroxylation is 2. The molecule has 5 aromatic rings. The van der Waals surface area contributed by atoms with E-state index in [-0.39, 0.29) is 18.1 Å². The van der Waals surface area contributed by atoms with E-state index in [1.807, 2.05) is 52.5 Å². The number of fused-ring (bicyclic) bond motifs is 2. The minimum atomic E-state index is -0.430. The number of imidazole rings is 2. The summed E-state index contributed by atoms with van der Waals surface area (Å²) in [6, 6.07) is 9.95. The van der Waals surface area contributed by atoms with Gasteiger partial charge in [-0.2, -0.15) is 0 Å². The zero-order valence-electron chi connectivity index (χ0n) is 26.7. The molecule has 3 aromatic heterocycles. The Hall–Kier alpha value is -4.76. The van der Waals surface area contributed by atoms with Crippen LogP contribution in [0.15, 0.2) is 46.9 Å². The standard InChI is InChI=1S/C33H39N9O5/c1-4-22-29(46-19(2)36-22)31(43)39-33-38-24-16-21(28-30(34)47-28)17-25(44-3)27(24)42(33)11-6-5-10-41-26-20(18-40-12-14-45-15-13-40)8-7-9-23(26)37-32(41)35/h5-9,16-17,28,30H,4,10-15,18,34H2,1-3H3,(H2,35,37)(H,38,39,43)/b6-5+. The van der Waals surface area contributed by atoms with Gasteiger partial charge in [-0.3, -0.25) is 15.0 Å². The summed E-state index contributed by atoms with van der Waals surface area (Å²) in [6.45, 7) is 8.56. The molecule has 2 aliphatic heterocycles. The number of nitrogens with zero attached hydrogens (tertiary/aromatic N) is 6. The summed E-state index contributed by atoms with van der Waals surface area (Å²) in [6.07, 6.45) is 4.00. The van der Waals surface area contributed by atoms with Crippen molar-refractivity contribution in [2.75, 3.05) is 44.5 Å². The van der Waals surface area contributed by atoms with Gasteiger partial charge in [0.2, 0.25) is 17.7 Å². The number of ether oxygens (including phenoxy) is 3. The second-order valence-corrected chi connectivity index (χ2v) is 11.7. The number of allylic oxidation sites excluding steroid dienone is 2. The predicted octanol–water partition coefficient (Wildman–Crippen LogP) is 3.53. The number of rotatable bonds is 11. The summed E-state index contributed by atoms with van der Waals surface area (Å²) in [5.41, 5.74) is 18.2. The zero-order chi connectivity index (χ0) is 32.7. The summed E-state index contributed by atoms with van der Waals surface area (Å²) in [4.78, 5) is 29.6. The van der Waals surface area contributed by atoms with Gasteiger partial charge in [0.15, 0.2) is 5.89 Å². The Balaban J connectivity index is 1.20. The van der Waals surface area contributed by atoms with E-state index in [0.29, 0.717) is 54.3 Å². The number of aromatic nitrogens is 5.